The van der Waals surface area contributed by atoms with Crippen LogP contribution in [0.2, 0.25) is 10.0 Å². The maximum atomic E-state index is 7.31. The zero-order valence-corrected chi connectivity index (χ0v) is 27.4. The lowest BCUT2D eigenvalue weighted by Gasteiger charge is -2.39. The number of hydrogen-bond acceptors (Lipinski definition) is 0. The maximum Gasteiger partial charge on any atom is 0.185 e. The molecule has 3 heterocycles. The Labute approximate surface area is 258 Å². The van der Waals surface area contributed by atoms with Crippen LogP contribution in [0, 0.1) is 0 Å². The lowest BCUT2D eigenvalue weighted by molar-refractivity contribution is 0.590. The summed E-state index contributed by atoms with van der Waals surface area (Å²) in [4.78, 5) is 0. The van der Waals surface area contributed by atoms with Crippen LogP contribution in [0.25, 0.3) is 38.6 Å². The second kappa shape index (κ2) is 8.41. The molecule has 4 heteroatoms. The molecule has 0 fully saturated rings. The number of aromatic nitrogens is 1. The number of hydrogen-bond donors (Lipinski definition) is 0. The van der Waals surface area contributed by atoms with Crippen LogP contribution in [0.3, 0.4) is 0 Å². The Balaban J connectivity index is 1.69. The van der Waals surface area contributed by atoms with E-state index in [1.165, 1.54) is 64.8 Å². The summed E-state index contributed by atoms with van der Waals surface area (Å²) in [6.45, 7) is 13.9. The number of benzene rings is 5. The number of nitrogens with zero attached hydrogens (tertiary/aromatic N) is 1. The van der Waals surface area contributed by atoms with Crippen molar-refractivity contribution in [2.45, 2.75) is 52.4 Å². The van der Waals surface area contributed by atoms with E-state index in [1.807, 2.05) is 6.07 Å². The molecule has 0 aliphatic carbocycles. The first kappa shape index (κ1) is 26.3. The average molecular weight is 603 g/mol. The Bertz CT molecular complexity index is 2090. The fraction of sp³-hybridized carbons (Fsp3) is 0.211. The summed E-state index contributed by atoms with van der Waals surface area (Å²) in [6, 6.07) is 34.4. The van der Waals surface area contributed by atoms with Gasteiger partial charge < -0.3 is 4.57 Å². The van der Waals surface area contributed by atoms with Gasteiger partial charge >= 0.3 is 0 Å². The number of rotatable bonds is 0. The molecule has 1 aromatic heterocycles. The van der Waals surface area contributed by atoms with Gasteiger partial charge in [-0.25, -0.2) is 0 Å². The molecule has 2 aliphatic heterocycles. The van der Waals surface area contributed by atoms with Crippen molar-refractivity contribution in [1.82, 2.24) is 4.57 Å². The summed E-state index contributed by atoms with van der Waals surface area (Å²) in [7, 11) is -2.77. The van der Waals surface area contributed by atoms with Crippen molar-refractivity contribution in [2.75, 3.05) is 0 Å². The fourth-order valence-electron chi connectivity index (χ4n) is 7.59. The normalized spacial score (nSPS) is 14.9. The molecule has 0 radical (unpaired) electrons. The van der Waals surface area contributed by atoms with Gasteiger partial charge in [0.25, 0.3) is 0 Å². The highest BCUT2D eigenvalue weighted by Crippen LogP contribution is 2.44. The quantitative estimate of drug-likeness (QED) is 0.154. The third-order valence-corrected chi connectivity index (χ3v) is 15.3. The van der Waals surface area contributed by atoms with E-state index in [4.69, 9.17) is 23.2 Å². The van der Waals surface area contributed by atoms with E-state index in [9.17, 15) is 0 Å². The number of fused-ring (bicyclic) bond motifs is 12. The maximum absolute atomic E-state index is 7.31. The second-order valence-electron chi connectivity index (χ2n) is 14.1. The Morgan fingerprint density at radius 2 is 1.17 bits per heavy atom. The van der Waals surface area contributed by atoms with Gasteiger partial charge in [0.2, 0.25) is 0 Å². The standard InChI is InChI=1S/C38H33Cl2NSi/c1-37(2,3)22-15-17-29-26(19-22)27-20-23(38(4,5)6)21-33-35(27)41(29)36-32(18-16-28(39)34(36)40)42(33)30-13-9-7-11-24(30)25-12-8-10-14-31(25)42/h7-21H,1-6H3. The lowest BCUT2D eigenvalue weighted by Crippen LogP contribution is -2.75. The van der Waals surface area contributed by atoms with Crippen molar-refractivity contribution >= 4 is 73.8 Å². The van der Waals surface area contributed by atoms with E-state index in [2.05, 4.69) is 131 Å². The molecule has 2 aliphatic rings. The lowest BCUT2D eigenvalue weighted by atomic mass is 9.85. The van der Waals surface area contributed by atoms with Crippen molar-refractivity contribution in [3.05, 3.63) is 112 Å². The van der Waals surface area contributed by atoms with Crippen molar-refractivity contribution in [3.63, 3.8) is 0 Å². The summed E-state index contributed by atoms with van der Waals surface area (Å²) in [5.74, 6) is 0. The van der Waals surface area contributed by atoms with Gasteiger partial charge in [0, 0.05) is 10.8 Å². The van der Waals surface area contributed by atoms with Crippen LogP contribution in [0.4, 0.5) is 0 Å². The van der Waals surface area contributed by atoms with Crippen LogP contribution in [-0.4, -0.2) is 12.6 Å². The van der Waals surface area contributed by atoms with Gasteiger partial charge in [0.05, 0.1) is 26.8 Å². The zero-order chi connectivity index (χ0) is 29.3. The SMILES string of the molecule is CC(C)(C)c1ccc2c(c1)c1cc(C(C)(C)C)cc3c1n2-c1c(ccc(Cl)c1Cl)[Si]31c2ccccc2-c2ccccc21. The monoisotopic (exact) mass is 601 g/mol. The van der Waals surface area contributed by atoms with Crippen LogP contribution in [0.15, 0.2) is 91.0 Å². The van der Waals surface area contributed by atoms with Gasteiger partial charge in [-0.1, -0.05) is 131 Å². The Hall–Kier alpha value is -3.30. The molecule has 8 rings (SSSR count). The van der Waals surface area contributed by atoms with Crippen molar-refractivity contribution in [1.29, 1.82) is 0 Å². The predicted octanol–water partition coefficient (Wildman–Crippen LogP) is 8.36. The fourth-order valence-corrected chi connectivity index (χ4v) is 13.6. The Morgan fingerprint density at radius 3 is 1.79 bits per heavy atom. The predicted molar refractivity (Wildman–Crippen MR) is 184 cm³/mol. The Kier molecular flexibility index (Phi) is 5.27. The highest BCUT2D eigenvalue weighted by molar-refractivity contribution is 7.23. The first-order valence-corrected chi connectivity index (χ1v) is 17.5. The minimum Gasteiger partial charge on any atom is -0.308 e. The van der Waals surface area contributed by atoms with Crippen LogP contribution in [0.1, 0.15) is 52.7 Å². The molecule has 0 atom stereocenters. The molecule has 42 heavy (non-hydrogen) atoms. The first-order chi connectivity index (χ1) is 19.9. The largest absolute Gasteiger partial charge is 0.308 e. The van der Waals surface area contributed by atoms with Crippen LogP contribution in [0.5, 0.6) is 0 Å². The van der Waals surface area contributed by atoms with Crippen LogP contribution in [-0.2, 0) is 10.8 Å². The first-order valence-electron chi connectivity index (χ1n) is 14.8. The van der Waals surface area contributed by atoms with Crippen molar-refractivity contribution < 1.29 is 0 Å². The van der Waals surface area contributed by atoms with Gasteiger partial charge in [0.15, 0.2) is 8.07 Å². The zero-order valence-electron chi connectivity index (χ0n) is 24.9. The molecular weight excluding hydrogens is 569 g/mol. The van der Waals surface area contributed by atoms with Gasteiger partial charge in [-0.15, -0.1) is 0 Å². The molecule has 1 nitrogen and oxygen atoms in total. The van der Waals surface area contributed by atoms with Crippen molar-refractivity contribution in [3.8, 4) is 16.8 Å². The molecule has 208 valence electrons. The minimum absolute atomic E-state index is 0.0219. The molecular formula is C38H33Cl2NSi. The summed E-state index contributed by atoms with van der Waals surface area (Å²) < 4.78 is 2.43. The summed E-state index contributed by atoms with van der Waals surface area (Å²) >= 11 is 14.2. The molecule has 5 aromatic carbocycles. The topological polar surface area (TPSA) is 4.93 Å². The highest BCUT2D eigenvalue weighted by Gasteiger charge is 2.54. The summed E-state index contributed by atoms with van der Waals surface area (Å²) in [5.41, 5.74) is 8.88. The van der Waals surface area contributed by atoms with Crippen molar-refractivity contribution in [2.24, 2.45) is 0 Å². The molecule has 0 bridgehead atoms. The highest BCUT2D eigenvalue weighted by atomic mass is 35.5. The third-order valence-electron chi connectivity index (χ3n) is 9.65. The minimum atomic E-state index is -2.77. The van der Waals surface area contributed by atoms with E-state index in [-0.39, 0.29) is 10.8 Å². The smallest absolute Gasteiger partial charge is 0.185 e. The van der Waals surface area contributed by atoms with E-state index in [0.29, 0.717) is 10.0 Å². The third kappa shape index (κ3) is 3.21. The molecule has 6 aromatic rings. The van der Waals surface area contributed by atoms with E-state index >= 15 is 0 Å². The summed E-state index contributed by atoms with van der Waals surface area (Å²) in [5, 5.41) is 9.43. The number of halogens is 2. The van der Waals surface area contributed by atoms with E-state index in [1.54, 1.807) is 0 Å². The molecule has 0 unspecified atom stereocenters. The van der Waals surface area contributed by atoms with Crippen LogP contribution >= 0.6 is 23.2 Å². The molecule has 0 N–H and O–H groups in total. The van der Waals surface area contributed by atoms with E-state index in [0.717, 1.165) is 5.69 Å². The summed E-state index contributed by atoms with van der Waals surface area (Å²) in [6.07, 6.45) is 0. The molecule has 1 spiro atoms. The molecule has 0 amide bonds. The van der Waals surface area contributed by atoms with E-state index < -0.39 is 8.07 Å². The molecule has 0 saturated carbocycles. The van der Waals surface area contributed by atoms with Gasteiger partial charge in [-0.05, 0) is 78.1 Å². The van der Waals surface area contributed by atoms with Gasteiger partial charge in [-0.3, -0.25) is 0 Å². The average Bonchev–Trinajstić information content (AvgIpc) is 3.44. The van der Waals surface area contributed by atoms with Gasteiger partial charge in [0.1, 0.15) is 0 Å². The second-order valence-corrected chi connectivity index (χ2v) is 18.5. The Morgan fingerprint density at radius 1 is 0.571 bits per heavy atom. The molecule has 0 saturated heterocycles. The van der Waals surface area contributed by atoms with Gasteiger partial charge in [-0.2, -0.15) is 0 Å². The van der Waals surface area contributed by atoms with Crippen LogP contribution < -0.4 is 20.7 Å².